The maximum Gasteiger partial charge on any atom is 0.316 e. The second-order valence-corrected chi connectivity index (χ2v) is 10.3. The number of aromatic nitrogens is 1. The summed E-state index contributed by atoms with van der Waals surface area (Å²) in [6.07, 6.45) is 8.87. The van der Waals surface area contributed by atoms with E-state index < -0.39 is 5.41 Å². The highest BCUT2D eigenvalue weighted by Gasteiger charge is 2.47. The van der Waals surface area contributed by atoms with Crippen LogP contribution >= 0.6 is 0 Å². The first kappa shape index (κ1) is 24.5. The molecule has 1 N–H and O–H groups in total. The van der Waals surface area contributed by atoms with Crippen molar-refractivity contribution in [3.63, 3.8) is 0 Å². The Hall–Kier alpha value is -3.18. The molecule has 2 saturated carbocycles. The number of allylic oxidation sites excluding steroid dienone is 1. The average Bonchev–Trinajstić information content (AvgIpc) is 3.41. The van der Waals surface area contributed by atoms with Gasteiger partial charge in [0.05, 0.1) is 11.1 Å². The fraction of sp³-hybridized carbons (Fsp3) is 0.419. The summed E-state index contributed by atoms with van der Waals surface area (Å²) in [5.41, 5.74) is 2.52. The van der Waals surface area contributed by atoms with Crippen molar-refractivity contribution in [1.82, 2.24) is 10.5 Å². The molecule has 2 aliphatic carbocycles. The van der Waals surface area contributed by atoms with Crippen LogP contribution in [0, 0.1) is 11.8 Å². The van der Waals surface area contributed by atoms with Gasteiger partial charge in [-0.2, -0.15) is 0 Å². The molecule has 188 valence electrons. The van der Waals surface area contributed by atoms with Crippen molar-refractivity contribution in [3.05, 3.63) is 90.6 Å². The van der Waals surface area contributed by atoms with Gasteiger partial charge in [-0.3, -0.25) is 4.79 Å². The number of hydrogen-bond donors (Lipinski definition) is 1. The third kappa shape index (κ3) is 5.17. The molecule has 2 fully saturated rings. The normalized spacial score (nSPS) is 22.9. The van der Waals surface area contributed by atoms with Gasteiger partial charge < -0.3 is 14.6 Å². The van der Waals surface area contributed by atoms with Crippen molar-refractivity contribution in [2.45, 2.75) is 63.0 Å². The molecule has 0 bridgehead atoms. The van der Waals surface area contributed by atoms with E-state index >= 15 is 0 Å². The molecule has 0 spiro atoms. The van der Waals surface area contributed by atoms with Gasteiger partial charge in [-0.1, -0.05) is 91.2 Å². The first-order valence-corrected chi connectivity index (χ1v) is 13.3. The lowest BCUT2D eigenvalue weighted by molar-refractivity contribution is -0.170. The summed E-state index contributed by atoms with van der Waals surface area (Å²) in [6.45, 7) is 5.48. The smallest absolute Gasteiger partial charge is 0.316 e. The minimum Gasteiger partial charge on any atom is -0.461 e. The molecule has 1 heterocycles. The third-order valence-electron chi connectivity index (χ3n) is 8.10. The van der Waals surface area contributed by atoms with E-state index in [1.165, 1.54) is 6.42 Å². The molecule has 5 nitrogen and oxygen atoms in total. The number of rotatable bonds is 10. The fourth-order valence-corrected chi connectivity index (χ4v) is 5.90. The summed E-state index contributed by atoms with van der Waals surface area (Å²) >= 11 is 0. The van der Waals surface area contributed by atoms with Crippen LogP contribution in [0.2, 0.25) is 0 Å². The molecule has 3 atom stereocenters. The van der Waals surface area contributed by atoms with Crippen LogP contribution in [0.1, 0.15) is 56.2 Å². The van der Waals surface area contributed by atoms with Crippen LogP contribution in [-0.2, 0) is 21.5 Å². The maximum absolute atomic E-state index is 13.6. The van der Waals surface area contributed by atoms with Crippen molar-refractivity contribution in [1.29, 1.82) is 0 Å². The molecule has 2 aromatic carbocycles. The zero-order valence-corrected chi connectivity index (χ0v) is 20.9. The number of nitrogens with one attached hydrogen (secondary N) is 1. The topological polar surface area (TPSA) is 64.4 Å². The summed E-state index contributed by atoms with van der Waals surface area (Å²) in [5.74, 6) is 1.43. The number of carbonyl (C=O) groups excluding carboxylic acids is 1. The quantitative estimate of drug-likeness (QED) is 0.203. The molecular formula is C31H36N2O3. The van der Waals surface area contributed by atoms with Crippen LogP contribution < -0.4 is 5.32 Å². The van der Waals surface area contributed by atoms with Gasteiger partial charge in [-0.05, 0) is 43.7 Å². The second-order valence-electron chi connectivity index (χ2n) is 10.3. The van der Waals surface area contributed by atoms with Crippen molar-refractivity contribution >= 4 is 5.97 Å². The molecule has 0 saturated heterocycles. The van der Waals surface area contributed by atoms with Crippen molar-refractivity contribution in [2.75, 3.05) is 6.54 Å². The van der Waals surface area contributed by atoms with Gasteiger partial charge in [-0.15, -0.1) is 6.58 Å². The Morgan fingerprint density at radius 2 is 1.81 bits per heavy atom. The Kier molecular flexibility index (Phi) is 7.66. The Balaban J connectivity index is 1.16. The fourth-order valence-electron chi connectivity index (χ4n) is 5.90. The number of nitrogens with zero attached hydrogens (tertiary/aromatic N) is 1. The predicted molar refractivity (Wildman–Crippen MR) is 141 cm³/mol. The second kappa shape index (κ2) is 11.3. The molecule has 5 rings (SSSR count). The van der Waals surface area contributed by atoms with Crippen molar-refractivity contribution < 1.29 is 14.1 Å². The molecule has 3 aromatic rings. The minimum absolute atomic E-state index is 0.0325. The van der Waals surface area contributed by atoms with E-state index in [-0.39, 0.29) is 12.1 Å². The highest BCUT2D eigenvalue weighted by atomic mass is 16.5. The minimum atomic E-state index is -0.495. The highest BCUT2D eigenvalue weighted by molar-refractivity contribution is 5.83. The number of benzene rings is 2. The van der Waals surface area contributed by atoms with Crippen LogP contribution in [0.5, 0.6) is 0 Å². The lowest BCUT2D eigenvalue weighted by Crippen LogP contribution is -2.49. The molecular weight excluding hydrogens is 448 g/mol. The van der Waals surface area contributed by atoms with E-state index in [4.69, 9.17) is 9.26 Å². The zero-order valence-electron chi connectivity index (χ0n) is 20.9. The zero-order chi connectivity index (χ0) is 24.8. The van der Waals surface area contributed by atoms with Crippen LogP contribution in [0.4, 0.5) is 0 Å². The van der Waals surface area contributed by atoms with Crippen LogP contribution in [0.15, 0.2) is 83.9 Å². The molecule has 2 aliphatic rings. The van der Waals surface area contributed by atoms with Crippen molar-refractivity contribution in [2.24, 2.45) is 11.8 Å². The summed E-state index contributed by atoms with van der Waals surface area (Å²) in [4.78, 5) is 13.6. The predicted octanol–water partition coefficient (Wildman–Crippen LogP) is 6.46. The Labute approximate surface area is 213 Å². The summed E-state index contributed by atoms with van der Waals surface area (Å²) in [7, 11) is 0. The van der Waals surface area contributed by atoms with Crippen LogP contribution in [-0.4, -0.2) is 23.8 Å². The van der Waals surface area contributed by atoms with Crippen LogP contribution in [0.25, 0.3) is 11.3 Å². The summed E-state index contributed by atoms with van der Waals surface area (Å²) in [6, 6.07) is 22.2. The van der Waals surface area contributed by atoms with E-state index in [0.717, 1.165) is 67.7 Å². The van der Waals surface area contributed by atoms with Crippen LogP contribution in [0.3, 0.4) is 0 Å². The number of esters is 1. The average molecular weight is 485 g/mol. The SMILES string of the molecule is C=CC1C[C@H](OC(=O)C2(c3ccccc3)CCCCC2)C1CCNCc1cc(-c2ccccc2)on1. The van der Waals surface area contributed by atoms with E-state index in [2.05, 4.69) is 29.2 Å². The van der Waals surface area contributed by atoms with E-state index in [0.29, 0.717) is 18.4 Å². The maximum atomic E-state index is 13.6. The number of carbonyl (C=O) groups is 1. The Morgan fingerprint density at radius 1 is 1.08 bits per heavy atom. The van der Waals surface area contributed by atoms with Gasteiger partial charge in [0.25, 0.3) is 0 Å². The summed E-state index contributed by atoms with van der Waals surface area (Å²) in [5, 5.41) is 7.68. The lowest BCUT2D eigenvalue weighted by Gasteiger charge is -2.45. The van der Waals surface area contributed by atoms with E-state index in [9.17, 15) is 4.79 Å². The first-order valence-electron chi connectivity index (χ1n) is 13.3. The molecule has 0 radical (unpaired) electrons. The largest absolute Gasteiger partial charge is 0.461 e. The first-order chi connectivity index (χ1) is 17.7. The number of hydrogen-bond acceptors (Lipinski definition) is 5. The molecule has 36 heavy (non-hydrogen) atoms. The standard InChI is InChI=1S/C31H36N2O3/c1-2-23-20-29(35-30(34)31(17-10-5-11-18-31)25-14-8-4-9-15-25)27(23)16-19-32-22-26-21-28(36-33-26)24-12-6-3-7-13-24/h2-4,6-9,12-15,21,23,27,29,32H,1,5,10-11,16-20,22H2/t23?,27?,29-/m0/s1. The van der Waals surface area contributed by atoms with Gasteiger partial charge in [-0.25, -0.2) is 0 Å². The molecule has 2 unspecified atom stereocenters. The Bertz CT molecular complexity index is 1130. The summed E-state index contributed by atoms with van der Waals surface area (Å²) < 4.78 is 11.8. The van der Waals surface area contributed by atoms with E-state index in [1.807, 2.05) is 60.7 Å². The lowest BCUT2D eigenvalue weighted by atomic mass is 9.67. The van der Waals surface area contributed by atoms with Gasteiger partial charge >= 0.3 is 5.97 Å². The number of ether oxygens (including phenoxy) is 1. The van der Waals surface area contributed by atoms with Gasteiger partial charge in [0.15, 0.2) is 5.76 Å². The van der Waals surface area contributed by atoms with Gasteiger partial charge in [0, 0.05) is 24.1 Å². The highest BCUT2D eigenvalue weighted by Crippen LogP contribution is 2.45. The van der Waals surface area contributed by atoms with Gasteiger partial charge in [0.1, 0.15) is 6.10 Å². The Morgan fingerprint density at radius 3 is 2.53 bits per heavy atom. The van der Waals surface area contributed by atoms with Crippen molar-refractivity contribution in [3.8, 4) is 11.3 Å². The monoisotopic (exact) mass is 484 g/mol. The third-order valence-corrected chi connectivity index (χ3v) is 8.10. The molecule has 1 aromatic heterocycles. The van der Waals surface area contributed by atoms with E-state index in [1.54, 1.807) is 0 Å². The molecule has 0 aliphatic heterocycles. The van der Waals surface area contributed by atoms with Gasteiger partial charge in [0.2, 0.25) is 0 Å². The molecule has 5 heteroatoms. The molecule has 0 amide bonds.